The van der Waals surface area contributed by atoms with Gasteiger partial charge in [-0.2, -0.15) is 5.26 Å². The van der Waals surface area contributed by atoms with Gasteiger partial charge in [0, 0.05) is 11.3 Å². The normalized spacial score (nSPS) is 10.8. The van der Waals surface area contributed by atoms with Crippen molar-refractivity contribution in [3.8, 4) is 17.6 Å². The molecule has 0 saturated heterocycles. The van der Waals surface area contributed by atoms with E-state index < -0.39 is 5.91 Å². The fraction of sp³-hybridized carbons (Fsp3) is 0.120. The third-order valence-electron chi connectivity index (χ3n) is 4.32. The van der Waals surface area contributed by atoms with Gasteiger partial charge in [-0.25, -0.2) is 4.39 Å². The summed E-state index contributed by atoms with van der Waals surface area (Å²) in [5.74, 6) is 0.0255. The van der Waals surface area contributed by atoms with Crippen molar-refractivity contribution >= 4 is 17.7 Å². The molecule has 156 valence electrons. The van der Waals surface area contributed by atoms with Gasteiger partial charge in [-0.15, -0.1) is 0 Å². The van der Waals surface area contributed by atoms with Gasteiger partial charge >= 0.3 is 0 Å². The first kappa shape index (κ1) is 21.6. The number of amides is 1. The maximum Gasteiger partial charge on any atom is 0.266 e. The second-order valence-electron chi connectivity index (χ2n) is 6.51. The standard InChI is InChI=1S/C25H21FN2O3/c1-2-30-24-15-18(12-13-23(24)31-17-19-8-6-7-11-22(19)26)14-20(16-27)25(29)28-21-9-4-3-5-10-21/h3-15H,2,17H2,1H3,(H,28,29)/b20-14-. The third-order valence-corrected chi connectivity index (χ3v) is 4.32. The first-order chi connectivity index (χ1) is 15.1. The van der Waals surface area contributed by atoms with Gasteiger partial charge in [0.1, 0.15) is 24.1 Å². The molecule has 0 aliphatic heterocycles. The number of nitrogens with zero attached hydrogens (tertiary/aromatic N) is 1. The SMILES string of the molecule is CCOc1cc(/C=C(/C#N)C(=O)Nc2ccccc2)ccc1OCc1ccccc1F. The van der Waals surface area contributed by atoms with Crippen LogP contribution in [-0.4, -0.2) is 12.5 Å². The van der Waals surface area contributed by atoms with E-state index in [1.807, 2.05) is 19.1 Å². The zero-order chi connectivity index (χ0) is 22.1. The van der Waals surface area contributed by atoms with E-state index in [-0.39, 0.29) is 18.0 Å². The van der Waals surface area contributed by atoms with Crippen LogP contribution in [0.25, 0.3) is 6.08 Å². The van der Waals surface area contributed by atoms with Crippen LogP contribution in [0, 0.1) is 17.1 Å². The molecule has 1 N–H and O–H groups in total. The molecule has 0 radical (unpaired) electrons. The number of hydrogen-bond donors (Lipinski definition) is 1. The van der Waals surface area contributed by atoms with E-state index in [4.69, 9.17) is 9.47 Å². The number of carbonyl (C=O) groups is 1. The molecular weight excluding hydrogens is 395 g/mol. The summed E-state index contributed by atoms with van der Waals surface area (Å²) in [6.45, 7) is 2.27. The summed E-state index contributed by atoms with van der Waals surface area (Å²) < 4.78 is 25.2. The molecule has 0 bridgehead atoms. The monoisotopic (exact) mass is 416 g/mol. The van der Waals surface area contributed by atoms with Gasteiger partial charge in [-0.1, -0.05) is 42.5 Å². The summed E-state index contributed by atoms with van der Waals surface area (Å²) in [7, 11) is 0. The van der Waals surface area contributed by atoms with E-state index in [2.05, 4.69) is 5.32 Å². The van der Waals surface area contributed by atoms with Crippen LogP contribution >= 0.6 is 0 Å². The maximum absolute atomic E-state index is 13.8. The Labute approximate surface area is 180 Å². The molecule has 6 heteroatoms. The molecule has 0 saturated carbocycles. The van der Waals surface area contributed by atoms with Crippen molar-refractivity contribution < 1.29 is 18.7 Å². The van der Waals surface area contributed by atoms with Gasteiger partial charge in [0.2, 0.25) is 0 Å². The van der Waals surface area contributed by atoms with Gasteiger partial charge in [-0.05, 0) is 48.9 Å². The Kier molecular flexibility index (Phi) is 7.39. The fourth-order valence-electron chi connectivity index (χ4n) is 2.81. The van der Waals surface area contributed by atoms with E-state index in [9.17, 15) is 14.4 Å². The van der Waals surface area contributed by atoms with E-state index in [1.54, 1.807) is 60.7 Å². The Morgan fingerprint density at radius 1 is 1.03 bits per heavy atom. The number of benzene rings is 3. The van der Waals surface area contributed by atoms with Crippen molar-refractivity contribution in [2.45, 2.75) is 13.5 Å². The predicted octanol–water partition coefficient (Wildman–Crippen LogP) is 5.35. The first-order valence-electron chi connectivity index (χ1n) is 9.72. The van der Waals surface area contributed by atoms with Crippen LogP contribution in [0.1, 0.15) is 18.1 Å². The van der Waals surface area contributed by atoms with Crippen LogP contribution in [-0.2, 0) is 11.4 Å². The van der Waals surface area contributed by atoms with Crippen LogP contribution in [0.2, 0.25) is 0 Å². The molecular formula is C25H21FN2O3. The molecule has 3 rings (SSSR count). The molecule has 31 heavy (non-hydrogen) atoms. The summed E-state index contributed by atoms with van der Waals surface area (Å²) in [6, 6.07) is 22.2. The summed E-state index contributed by atoms with van der Waals surface area (Å²) in [5.41, 5.74) is 1.58. The lowest BCUT2D eigenvalue weighted by atomic mass is 10.1. The van der Waals surface area contributed by atoms with Gasteiger partial charge in [0.15, 0.2) is 11.5 Å². The highest BCUT2D eigenvalue weighted by atomic mass is 19.1. The van der Waals surface area contributed by atoms with Crippen molar-refractivity contribution in [1.29, 1.82) is 5.26 Å². The lowest BCUT2D eigenvalue weighted by Gasteiger charge is -2.13. The average molecular weight is 416 g/mol. The number of ether oxygens (including phenoxy) is 2. The topological polar surface area (TPSA) is 71.3 Å². The van der Waals surface area contributed by atoms with Crippen LogP contribution in [0.4, 0.5) is 10.1 Å². The maximum atomic E-state index is 13.8. The molecule has 0 aliphatic carbocycles. The zero-order valence-electron chi connectivity index (χ0n) is 17.0. The minimum absolute atomic E-state index is 0.0465. The van der Waals surface area contributed by atoms with E-state index >= 15 is 0 Å². The molecule has 0 fully saturated rings. The van der Waals surface area contributed by atoms with Gasteiger partial charge in [-0.3, -0.25) is 4.79 Å². The van der Waals surface area contributed by atoms with Crippen molar-refractivity contribution in [3.63, 3.8) is 0 Å². The molecule has 0 spiro atoms. The second kappa shape index (κ2) is 10.6. The summed E-state index contributed by atoms with van der Waals surface area (Å²) in [6.07, 6.45) is 1.47. The van der Waals surface area contributed by atoms with Crippen molar-refractivity contribution in [1.82, 2.24) is 0 Å². The lowest BCUT2D eigenvalue weighted by Crippen LogP contribution is -2.13. The Morgan fingerprint density at radius 2 is 1.77 bits per heavy atom. The molecule has 3 aromatic rings. The molecule has 0 heterocycles. The number of nitrogens with one attached hydrogen (secondary N) is 1. The zero-order valence-corrected chi connectivity index (χ0v) is 17.0. The van der Waals surface area contributed by atoms with E-state index in [1.165, 1.54) is 12.1 Å². The van der Waals surface area contributed by atoms with Crippen LogP contribution in [0.15, 0.2) is 78.4 Å². The Bertz CT molecular complexity index is 1120. The summed E-state index contributed by atoms with van der Waals surface area (Å²) in [5, 5.41) is 12.1. The number of hydrogen-bond acceptors (Lipinski definition) is 4. The average Bonchev–Trinajstić information content (AvgIpc) is 2.78. The smallest absolute Gasteiger partial charge is 0.266 e. The van der Waals surface area contributed by atoms with Crippen molar-refractivity contribution in [2.24, 2.45) is 0 Å². The van der Waals surface area contributed by atoms with Crippen LogP contribution in [0.3, 0.4) is 0 Å². The van der Waals surface area contributed by atoms with Crippen LogP contribution in [0.5, 0.6) is 11.5 Å². The van der Waals surface area contributed by atoms with Gasteiger partial charge in [0.25, 0.3) is 5.91 Å². The Hall–Kier alpha value is -4.11. The molecule has 3 aromatic carbocycles. The number of anilines is 1. The van der Waals surface area contributed by atoms with E-state index in [0.717, 1.165) is 0 Å². The lowest BCUT2D eigenvalue weighted by molar-refractivity contribution is -0.112. The molecule has 0 aliphatic rings. The van der Waals surface area contributed by atoms with E-state index in [0.29, 0.717) is 34.9 Å². The Morgan fingerprint density at radius 3 is 2.48 bits per heavy atom. The number of nitriles is 1. The predicted molar refractivity (Wildman–Crippen MR) is 117 cm³/mol. The molecule has 0 atom stereocenters. The highest BCUT2D eigenvalue weighted by Crippen LogP contribution is 2.30. The fourth-order valence-corrected chi connectivity index (χ4v) is 2.81. The first-order valence-corrected chi connectivity index (χ1v) is 9.72. The highest BCUT2D eigenvalue weighted by molar-refractivity contribution is 6.09. The number of para-hydroxylation sites is 1. The van der Waals surface area contributed by atoms with Crippen molar-refractivity contribution in [2.75, 3.05) is 11.9 Å². The van der Waals surface area contributed by atoms with Crippen LogP contribution < -0.4 is 14.8 Å². The minimum Gasteiger partial charge on any atom is -0.490 e. The number of halogens is 1. The quantitative estimate of drug-likeness (QED) is 0.397. The summed E-state index contributed by atoms with van der Waals surface area (Å²) in [4.78, 5) is 12.4. The highest BCUT2D eigenvalue weighted by Gasteiger charge is 2.12. The molecule has 5 nitrogen and oxygen atoms in total. The molecule has 0 unspecified atom stereocenters. The van der Waals surface area contributed by atoms with Gasteiger partial charge in [0.05, 0.1) is 6.61 Å². The molecule has 1 amide bonds. The largest absolute Gasteiger partial charge is 0.490 e. The second-order valence-corrected chi connectivity index (χ2v) is 6.51. The number of rotatable bonds is 8. The van der Waals surface area contributed by atoms with Crippen molar-refractivity contribution in [3.05, 3.63) is 95.3 Å². The van der Waals surface area contributed by atoms with Gasteiger partial charge < -0.3 is 14.8 Å². The minimum atomic E-state index is -0.508. The third kappa shape index (κ3) is 5.94. The summed E-state index contributed by atoms with van der Waals surface area (Å²) >= 11 is 0. The number of carbonyl (C=O) groups excluding carboxylic acids is 1. The Balaban J connectivity index is 1.79. The molecule has 0 aromatic heterocycles.